The van der Waals surface area contributed by atoms with E-state index in [0.29, 0.717) is 0 Å². The first-order chi connectivity index (χ1) is 15.6. The highest BCUT2D eigenvalue weighted by Gasteiger charge is 1.94. The Bertz CT molecular complexity index is 1130. The summed E-state index contributed by atoms with van der Waals surface area (Å²) in [5, 5.41) is 0. The zero-order valence-corrected chi connectivity index (χ0v) is 17.5. The van der Waals surface area contributed by atoms with Gasteiger partial charge in [0.05, 0.1) is 0 Å². The van der Waals surface area contributed by atoms with Crippen molar-refractivity contribution in [2.24, 2.45) is 0 Å². The molecule has 0 N–H and O–H groups in total. The summed E-state index contributed by atoms with van der Waals surface area (Å²) in [6.07, 6.45) is 12.1. The largest absolute Gasteiger partial charge is 0.207 e. The van der Waals surface area contributed by atoms with Crippen molar-refractivity contribution in [1.82, 2.24) is 0 Å². The second-order valence-electron chi connectivity index (χ2n) is 7.44. The van der Waals surface area contributed by atoms with E-state index in [4.69, 9.17) is 0 Å². The molecule has 0 spiro atoms. The van der Waals surface area contributed by atoms with E-state index in [2.05, 4.69) is 60.7 Å². The number of hydrogen-bond donors (Lipinski definition) is 0. The Hall–Kier alpha value is -4.04. The van der Waals surface area contributed by atoms with Crippen LogP contribution in [-0.4, -0.2) is 0 Å². The second-order valence-corrected chi connectivity index (χ2v) is 7.44. The van der Waals surface area contributed by atoms with E-state index in [1.54, 1.807) is 24.3 Å². The topological polar surface area (TPSA) is 0 Å². The van der Waals surface area contributed by atoms with Gasteiger partial charge in [-0.15, -0.1) is 0 Å². The summed E-state index contributed by atoms with van der Waals surface area (Å²) in [6, 6.07) is 29.4. The Morgan fingerprint density at radius 3 is 0.625 bits per heavy atom. The SMILES string of the molecule is Fc1ccc(/C=C/c2ccc(/C=C/c3ccc(/C=C/c4ccc(F)cc4)cc3)cc2)cc1. The number of hydrogen-bond acceptors (Lipinski definition) is 0. The lowest BCUT2D eigenvalue weighted by molar-refractivity contribution is 0.627. The van der Waals surface area contributed by atoms with Crippen molar-refractivity contribution in [1.29, 1.82) is 0 Å². The lowest BCUT2D eigenvalue weighted by atomic mass is 10.1. The Morgan fingerprint density at radius 2 is 0.438 bits per heavy atom. The Labute approximate surface area is 187 Å². The van der Waals surface area contributed by atoms with E-state index < -0.39 is 0 Å². The summed E-state index contributed by atoms with van der Waals surface area (Å²) in [5.74, 6) is -0.455. The van der Waals surface area contributed by atoms with Crippen LogP contribution in [0.3, 0.4) is 0 Å². The molecule has 0 amide bonds. The van der Waals surface area contributed by atoms with Gasteiger partial charge in [0.25, 0.3) is 0 Å². The fourth-order valence-corrected chi connectivity index (χ4v) is 3.16. The summed E-state index contributed by atoms with van der Waals surface area (Å²) in [5.41, 5.74) is 6.33. The molecule has 4 aromatic carbocycles. The molecule has 0 saturated carbocycles. The molecule has 0 aliphatic carbocycles. The van der Waals surface area contributed by atoms with Crippen molar-refractivity contribution in [2.45, 2.75) is 0 Å². The van der Waals surface area contributed by atoms with E-state index in [-0.39, 0.29) is 11.6 Å². The van der Waals surface area contributed by atoms with Gasteiger partial charge in [-0.1, -0.05) is 109 Å². The lowest BCUT2D eigenvalue weighted by Crippen LogP contribution is -1.78. The zero-order chi connectivity index (χ0) is 22.2. The summed E-state index contributed by atoms with van der Waals surface area (Å²) in [4.78, 5) is 0. The maximum Gasteiger partial charge on any atom is 0.123 e. The van der Waals surface area contributed by atoms with Crippen LogP contribution in [0.1, 0.15) is 33.4 Å². The van der Waals surface area contributed by atoms with Crippen LogP contribution in [0.5, 0.6) is 0 Å². The highest BCUT2D eigenvalue weighted by molar-refractivity contribution is 5.74. The molecule has 0 saturated heterocycles. The first-order valence-electron chi connectivity index (χ1n) is 10.4. The third-order valence-corrected chi connectivity index (χ3v) is 5.02. The average molecular weight is 421 g/mol. The minimum absolute atomic E-state index is 0.227. The minimum Gasteiger partial charge on any atom is -0.207 e. The molecule has 4 aromatic rings. The first-order valence-corrected chi connectivity index (χ1v) is 10.4. The zero-order valence-electron chi connectivity index (χ0n) is 17.5. The van der Waals surface area contributed by atoms with E-state index >= 15 is 0 Å². The van der Waals surface area contributed by atoms with Gasteiger partial charge < -0.3 is 0 Å². The van der Waals surface area contributed by atoms with Crippen molar-refractivity contribution in [3.8, 4) is 0 Å². The van der Waals surface area contributed by atoms with Crippen LogP contribution in [0.25, 0.3) is 36.5 Å². The Kier molecular flexibility index (Phi) is 6.84. The third-order valence-electron chi connectivity index (χ3n) is 5.02. The number of rotatable bonds is 6. The molecule has 0 atom stereocenters. The summed E-state index contributed by atoms with van der Waals surface area (Å²) in [6.45, 7) is 0. The quantitative estimate of drug-likeness (QED) is 0.274. The molecule has 0 aliphatic heterocycles. The van der Waals surface area contributed by atoms with Gasteiger partial charge in [0, 0.05) is 0 Å². The highest BCUT2D eigenvalue weighted by atomic mass is 19.1. The highest BCUT2D eigenvalue weighted by Crippen LogP contribution is 2.15. The van der Waals surface area contributed by atoms with E-state index in [0.717, 1.165) is 33.4 Å². The second kappa shape index (κ2) is 10.3. The molecule has 32 heavy (non-hydrogen) atoms. The number of benzene rings is 4. The van der Waals surface area contributed by atoms with Crippen molar-refractivity contribution in [3.63, 3.8) is 0 Å². The lowest BCUT2D eigenvalue weighted by Gasteiger charge is -1.99. The van der Waals surface area contributed by atoms with Crippen molar-refractivity contribution in [3.05, 3.63) is 142 Å². The Morgan fingerprint density at radius 1 is 0.281 bits per heavy atom. The predicted octanol–water partition coefficient (Wildman–Crippen LogP) is 8.48. The molecule has 0 aromatic heterocycles. The van der Waals surface area contributed by atoms with Gasteiger partial charge in [-0.05, 0) is 57.6 Å². The fourth-order valence-electron chi connectivity index (χ4n) is 3.16. The van der Waals surface area contributed by atoms with Crippen LogP contribution >= 0.6 is 0 Å². The van der Waals surface area contributed by atoms with Crippen molar-refractivity contribution in [2.75, 3.05) is 0 Å². The van der Waals surface area contributed by atoms with Crippen LogP contribution in [-0.2, 0) is 0 Å². The standard InChI is InChI=1S/C30H22F2/c31-29-19-15-27(16-20-29)13-11-25-7-3-23(4-8-25)1-2-24-5-9-26(10-6-24)12-14-28-17-21-30(32)22-18-28/h1-22H/b2-1+,13-11+,14-12+. The molecule has 2 heteroatoms. The van der Waals surface area contributed by atoms with Crippen LogP contribution in [0.4, 0.5) is 8.78 Å². The van der Waals surface area contributed by atoms with E-state index in [1.807, 2.05) is 24.3 Å². The van der Waals surface area contributed by atoms with E-state index in [9.17, 15) is 8.78 Å². The van der Waals surface area contributed by atoms with Crippen LogP contribution in [0.15, 0.2) is 97.1 Å². The molecule has 0 heterocycles. The summed E-state index contributed by atoms with van der Waals surface area (Å²) >= 11 is 0. The molecule has 0 fully saturated rings. The molecule has 156 valence electrons. The van der Waals surface area contributed by atoms with Gasteiger partial charge in [-0.3, -0.25) is 0 Å². The molecule has 0 radical (unpaired) electrons. The van der Waals surface area contributed by atoms with Crippen LogP contribution in [0, 0.1) is 11.6 Å². The smallest absolute Gasteiger partial charge is 0.123 e. The maximum atomic E-state index is 13.0. The van der Waals surface area contributed by atoms with Gasteiger partial charge >= 0.3 is 0 Å². The molecule has 4 rings (SSSR count). The van der Waals surface area contributed by atoms with Crippen LogP contribution < -0.4 is 0 Å². The maximum absolute atomic E-state index is 13.0. The van der Waals surface area contributed by atoms with Gasteiger partial charge in [0.1, 0.15) is 11.6 Å². The molecular weight excluding hydrogens is 398 g/mol. The third kappa shape index (κ3) is 6.23. The summed E-state index contributed by atoms with van der Waals surface area (Å²) < 4.78 is 26.0. The monoisotopic (exact) mass is 420 g/mol. The molecule has 0 unspecified atom stereocenters. The molecule has 0 bridgehead atoms. The van der Waals surface area contributed by atoms with Crippen molar-refractivity contribution >= 4 is 36.5 Å². The predicted molar refractivity (Wildman–Crippen MR) is 132 cm³/mol. The molecule has 0 nitrogen and oxygen atoms in total. The average Bonchev–Trinajstić information content (AvgIpc) is 2.83. The normalized spacial score (nSPS) is 11.7. The summed E-state index contributed by atoms with van der Waals surface area (Å²) in [7, 11) is 0. The van der Waals surface area contributed by atoms with Crippen molar-refractivity contribution < 1.29 is 8.78 Å². The first kappa shape index (κ1) is 21.2. The molecule has 0 aliphatic rings. The fraction of sp³-hybridized carbons (Fsp3) is 0. The van der Waals surface area contributed by atoms with Gasteiger partial charge in [0.2, 0.25) is 0 Å². The Balaban J connectivity index is 1.35. The number of halogens is 2. The minimum atomic E-state index is -0.227. The van der Waals surface area contributed by atoms with E-state index in [1.165, 1.54) is 24.3 Å². The van der Waals surface area contributed by atoms with Gasteiger partial charge in [-0.25, -0.2) is 8.78 Å². The molecular formula is C30H22F2. The van der Waals surface area contributed by atoms with Gasteiger partial charge in [0.15, 0.2) is 0 Å². The van der Waals surface area contributed by atoms with Crippen LogP contribution in [0.2, 0.25) is 0 Å². The van der Waals surface area contributed by atoms with Gasteiger partial charge in [-0.2, -0.15) is 0 Å².